The van der Waals surface area contributed by atoms with Crippen molar-refractivity contribution < 1.29 is 17.5 Å². The molecule has 1 aliphatic heterocycles. The molecule has 0 amide bonds. The SMILES string of the molecule is COc1c(CCN2CCNCC2)cc(F)cc1S(C)(=O)=O. The zero-order chi connectivity index (χ0) is 15.5. The van der Waals surface area contributed by atoms with E-state index in [1.165, 1.54) is 13.2 Å². The smallest absolute Gasteiger partial charge is 0.179 e. The quantitative estimate of drug-likeness (QED) is 0.866. The van der Waals surface area contributed by atoms with Crippen molar-refractivity contribution in [1.29, 1.82) is 0 Å². The minimum absolute atomic E-state index is 0.0830. The number of sulfone groups is 1. The Hall–Kier alpha value is -1.18. The molecule has 0 aliphatic carbocycles. The van der Waals surface area contributed by atoms with E-state index in [0.717, 1.165) is 45.0 Å². The van der Waals surface area contributed by atoms with Crippen molar-refractivity contribution >= 4 is 9.84 Å². The number of halogens is 1. The molecule has 0 atom stereocenters. The van der Waals surface area contributed by atoms with Crippen molar-refractivity contribution in [2.75, 3.05) is 46.1 Å². The Morgan fingerprint density at radius 3 is 2.57 bits per heavy atom. The van der Waals surface area contributed by atoms with Gasteiger partial charge in [-0.15, -0.1) is 0 Å². The molecule has 0 unspecified atom stereocenters. The number of ether oxygens (including phenoxy) is 1. The maximum Gasteiger partial charge on any atom is 0.179 e. The van der Waals surface area contributed by atoms with Gasteiger partial charge in [0, 0.05) is 39.0 Å². The molecule has 5 nitrogen and oxygen atoms in total. The van der Waals surface area contributed by atoms with Crippen LogP contribution in [0.4, 0.5) is 4.39 Å². The third-order valence-corrected chi connectivity index (χ3v) is 4.71. The first-order valence-corrected chi connectivity index (χ1v) is 8.80. The van der Waals surface area contributed by atoms with E-state index in [1.807, 2.05) is 0 Å². The van der Waals surface area contributed by atoms with Crippen molar-refractivity contribution in [3.8, 4) is 5.75 Å². The number of piperazine rings is 1. The van der Waals surface area contributed by atoms with Gasteiger partial charge in [0.1, 0.15) is 16.5 Å². The Morgan fingerprint density at radius 1 is 1.33 bits per heavy atom. The number of nitrogens with one attached hydrogen (secondary N) is 1. The highest BCUT2D eigenvalue weighted by atomic mass is 32.2. The fourth-order valence-electron chi connectivity index (χ4n) is 2.53. The van der Waals surface area contributed by atoms with Crippen LogP contribution in [0.3, 0.4) is 0 Å². The van der Waals surface area contributed by atoms with Crippen LogP contribution in [0.15, 0.2) is 17.0 Å². The second-order valence-corrected chi connectivity index (χ2v) is 7.19. The van der Waals surface area contributed by atoms with Crippen LogP contribution in [0.25, 0.3) is 0 Å². The number of nitrogens with zero attached hydrogens (tertiary/aromatic N) is 1. The molecule has 7 heteroatoms. The van der Waals surface area contributed by atoms with Crippen LogP contribution in [0.2, 0.25) is 0 Å². The molecule has 2 rings (SSSR count). The highest BCUT2D eigenvalue weighted by Crippen LogP contribution is 2.30. The second-order valence-electron chi connectivity index (χ2n) is 5.21. The molecular formula is C14H21FN2O3S. The molecule has 1 aromatic rings. The minimum Gasteiger partial charge on any atom is -0.495 e. The average Bonchev–Trinajstić information content (AvgIpc) is 2.44. The standard InChI is InChI=1S/C14H21FN2O3S/c1-20-14-11(3-6-17-7-4-16-5-8-17)9-12(15)10-13(14)21(2,18)19/h9-10,16H,3-8H2,1-2H3. The molecule has 0 aromatic heterocycles. The van der Waals surface area contributed by atoms with Gasteiger partial charge in [0.2, 0.25) is 0 Å². The summed E-state index contributed by atoms with van der Waals surface area (Å²) in [4.78, 5) is 2.18. The summed E-state index contributed by atoms with van der Waals surface area (Å²) in [7, 11) is -2.11. The molecule has 1 N–H and O–H groups in total. The highest BCUT2D eigenvalue weighted by Gasteiger charge is 2.20. The van der Waals surface area contributed by atoms with Gasteiger partial charge in [-0.2, -0.15) is 0 Å². The van der Waals surface area contributed by atoms with Gasteiger partial charge in [0.25, 0.3) is 0 Å². The molecule has 1 saturated heterocycles. The Bertz CT molecular complexity index is 598. The minimum atomic E-state index is -3.52. The van der Waals surface area contributed by atoms with Gasteiger partial charge < -0.3 is 15.0 Å². The summed E-state index contributed by atoms with van der Waals surface area (Å²) in [5, 5.41) is 3.27. The maximum atomic E-state index is 13.7. The summed E-state index contributed by atoms with van der Waals surface area (Å²) in [6.07, 6.45) is 1.62. The Balaban J connectivity index is 2.23. The summed E-state index contributed by atoms with van der Waals surface area (Å²) in [6, 6.07) is 2.37. The predicted molar refractivity (Wildman–Crippen MR) is 79.1 cm³/mol. The van der Waals surface area contributed by atoms with Crippen LogP contribution in [0.5, 0.6) is 5.75 Å². The summed E-state index contributed by atoms with van der Waals surface area (Å²) in [5.74, 6) is -0.291. The monoisotopic (exact) mass is 316 g/mol. The first-order chi connectivity index (χ1) is 9.91. The maximum absolute atomic E-state index is 13.7. The Labute approximate surface area is 125 Å². The number of hydrogen-bond acceptors (Lipinski definition) is 5. The molecule has 1 fully saturated rings. The fraction of sp³-hybridized carbons (Fsp3) is 0.571. The van der Waals surface area contributed by atoms with Crippen molar-refractivity contribution in [2.45, 2.75) is 11.3 Å². The first kappa shape index (κ1) is 16.2. The van der Waals surface area contributed by atoms with E-state index < -0.39 is 15.7 Å². The van der Waals surface area contributed by atoms with Gasteiger partial charge in [-0.3, -0.25) is 0 Å². The highest BCUT2D eigenvalue weighted by molar-refractivity contribution is 7.90. The average molecular weight is 316 g/mol. The third-order valence-electron chi connectivity index (χ3n) is 3.61. The lowest BCUT2D eigenvalue weighted by atomic mass is 10.1. The molecule has 21 heavy (non-hydrogen) atoms. The predicted octanol–water partition coefficient (Wildman–Crippen LogP) is 0.685. The molecule has 0 saturated carbocycles. The van der Waals surface area contributed by atoms with Crippen LogP contribution < -0.4 is 10.1 Å². The van der Waals surface area contributed by atoms with Crippen LogP contribution in [0.1, 0.15) is 5.56 Å². The third kappa shape index (κ3) is 4.15. The second kappa shape index (κ2) is 6.72. The van der Waals surface area contributed by atoms with Crippen molar-refractivity contribution in [3.63, 3.8) is 0 Å². The van der Waals surface area contributed by atoms with Gasteiger partial charge in [-0.1, -0.05) is 0 Å². The van der Waals surface area contributed by atoms with Gasteiger partial charge in [0.15, 0.2) is 9.84 Å². The van der Waals surface area contributed by atoms with Crippen LogP contribution in [-0.4, -0.2) is 59.4 Å². The molecular weight excluding hydrogens is 295 g/mol. The van der Waals surface area contributed by atoms with Crippen LogP contribution in [-0.2, 0) is 16.3 Å². The summed E-state index contributed by atoms with van der Waals surface area (Å²) < 4.78 is 42.4. The Morgan fingerprint density at radius 2 is 2.00 bits per heavy atom. The first-order valence-electron chi connectivity index (χ1n) is 6.91. The molecule has 1 heterocycles. The van der Waals surface area contributed by atoms with Crippen molar-refractivity contribution in [2.24, 2.45) is 0 Å². The van der Waals surface area contributed by atoms with E-state index in [0.29, 0.717) is 12.0 Å². The largest absolute Gasteiger partial charge is 0.495 e. The lowest BCUT2D eigenvalue weighted by Gasteiger charge is -2.27. The van der Waals surface area contributed by atoms with E-state index >= 15 is 0 Å². The van der Waals surface area contributed by atoms with Crippen LogP contribution >= 0.6 is 0 Å². The zero-order valence-corrected chi connectivity index (χ0v) is 13.2. The van der Waals surface area contributed by atoms with E-state index in [1.54, 1.807) is 0 Å². The zero-order valence-electron chi connectivity index (χ0n) is 12.4. The van der Waals surface area contributed by atoms with Crippen LogP contribution in [0, 0.1) is 5.82 Å². The lowest BCUT2D eigenvalue weighted by molar-refractivity contribution is 0.243. The molecule has 118 valence electrons. The topological polar surface area (TPSA) is 58.6 Å². The van der Waals surface area contributed by atoms with E-state index in [4.69, 9.17) is 4.74 Å². The van der Waals surface area contributed by atoms with Crippen molar-refractivity contribution in [3.05, 3.63) is 23.5 Å². The normalized spacial score (nSPS) is 16.9. The fourth-order valence-corrected chi connectivity index (χ4v) is 3.41. The number of hydrogen-bond donors (Lipinski definition) is 1. The number of rotatable bonds is 5. The molecule has 1 aromatic carbocycles. The van der Waals surface area contributed by atoms with Gasteiger partial charge >= 0.3 is 0 Å². The molecule has 1 aliphatic rings. The Kier molecular flexibility index (Phi) is 5.18. The molecule has 0 spiro atoms. The number of benzene rings is 1. The van der Waals surface area contributed by atoms with Gasteiger partial charge in [0.05, 0.1) is 7.11 Å². The van der Waals surface area contributed by atoms with Gasteiger partial charge in [-0.25, -0.2) is 12.8 Å². The van der Waals surface area contributed by atoms with E-state index in [-0.39, 0.29) is 10.6 Å². The summed E-state index contributed by atoms with van der Waals surface area (Å²) in [6.45, 7) is 4.52. The molecule has 0 radical (unpaired) electrons. The summed E-state index contributed by atoms with van der Waals surface area (Å²) >= 11 is 0. The lowest BCUT2D eigenvalue weighted by Crippen LogP contribution is -2.44. The molecule has 0 bridgehead atoms. The summed E-state index contributed by atoms with van der Waals surface area (Å²) in [5.41, 5.74) is 0.594. The number of methoxy groups -OCH3 is 1. The van der Waals surface area contributed by atoms with Crippen molar-refractivity contribution in [1.82, 2.24) is 10.2 Å². The van der Waals surface area contributed by atoms with E-state index in [9.17, 15) is 12.8 Å². The van der Waals surface area contributed by atoms with E-state index in [2.05, 4.69) is 10.2 Å². The van der Waals surface area contributed by atoms with Gasteiger partial charge in [-0.05, 0) is 24.1 Å².